The van der Waals surface area contributed by atoms with E-state index in [1.807, 2.05) is 0 Å². The molecule has 0 aromatic heterocycles. The van der Waals surface area contributed by atoms with Gasteiger partial charge in [-0.05, 0) is 25.7 Å². The minimum atomic E-state index is -2.04. The van der Waals surface area contributed by atoms with Gasteiger partial charge in [0.25, 0.3) is 5.41 Å². The van der Waals surface area contributed by atoms with E-state index in [9.17, 15) is 14.4 Å². The molecule has 0 unspecified atom stereocenters. The second-order valence-corrected chi connectivity index (χ2v) is 9.97. The molecule has 0 heterocycles. The van der Waals surface area contributed by atoms with Gasteiger partial charge >= 0.3 is 17.9 Å². The van der Waals surface area contributed by atoms with Gasteiger partial charge in [-0.1, -0.05) is 124 Å². The maximum atomic E-state index is 13.1. The molecule has 0 saturated heterocycles. The number of carbonyl (C=O) groups excluding carboxylic acids is 3. The van der Waals surface area contributed by atoms with Crippen molar-refractivity contribution in [1.82, 2.24) is 0 Å². The molecule has 36 heavy (non-hydrogen) atoms. The molecule has 0 rings (SSSR count). The summed E-state index contributed by atoms with van der Waals surface area (Å²) in [4.78, 5) is 39.3. The summed E-state index contributed by atoms with van der Waals surface area (Å²) < 4.78 is 16.4. The number of unbranched alkanes of at least 4 members (excludes halogenated alkanes) is 15. The van der Waals surface area contributed by atoms with E-state index in [0.29, 0.717) is 0 Å². The van der Waals surface area contributed by atoms with Gasteiger partial charge in [-0.25, -0.2) is 0 Å². The van der Waals surface area contributed by atoms with E-state index in [1.165, 1.54) is 57.8 Å². The van der Waals surface area contributed by atoms with Gasteiger partial charge in [0, 0.05) is 0 Å². The molecule has 0 aliphatic heterocycles. The van der Waals surface area contributed by atoms with Crippen molar-refractivity contribution in [3.8, 4) is 0 Å². The van der Waals surface area contributed by atoms with E-state index < -0.39 is 23.3 Å². The maximum absolute atomic E-state index is 13.1. The standard InChI is InChI=1S/C30H56O6/c1-5-9-12-15-18-21-24-34-27(31)30(8-4,28(32)35-25-22-19-16-13-10-6-2)29(33)36-26-23-20-17-14-11-7-3/h5-26H2,1-4H3. The first-order chi connectivity index (χ1) is 17.5. The molecule has 0 aromatic rings. The lowest BCUT2D eigenvalue weighted by Crippen LogP contribution is -2.49. The highest BCUT2D eigenvalue weighted by atomic mass is 16.6. The molecular weight excluding hydrogens is 456 g/mol. The Morgan fingerprint density at radius 3 is 0.917 bits per heavy atom. The second kappa shape index (κ2) is 23.8. The lowest BCUT2D eigenvalue weighted by molar-refractivity contribution is -0.184. The Bertz CT molecular complexity index is 486. The van der Waals surface area contributed by atoms with E-state index in [2.05, 4.69) is 20.8 Å². The number of esters is 3. The lowest BCUT2D eigenvalue weighted by atomic mass is 9.85. The third-order valence-corrected chi connectivity index (χ3v) is 6.77. The van der Waals surface area contributed by atoms with Gasteiger partial charge in [0.1, 0.15) is 0 Å². The van der Waals surface area contributed by atoms with Gasteiger partial charge in [-0.3, -0.25) is 14.4 Å². The van der Waals surface area contributed by atoms with E-state index in [-0.39, 0.29) is 26.2 Å². The van der Waals surface area contributed by atoms with Crippen LogP contribution in [0.3, 0.4) is 0 Å². The fourth-order valence-corrected chi connectivity index (χ4v) is 4.19. The fraction of sp³-hybridized carbons (Fsp3) is 0.900. The lowest BCUT2D eigenvalue weighted by Gasteiger charge is -2.26. The van der Waals surface area contributed by atoms with E-state index in [4.69, 9.17) is 14.2 Å². The highest BCUT2D eigenvalue weighted by Crippen LogP contribution is 2.29. The topological polar surface area (TPSA) is 78.9 Å². The normalized spacial score (nSPS) is 11.3. The van der Waals surface area contributed by atoms with Gasteiger partial charge in [0.15, 0.2) is 0 Å². The van der Waals surface area contributed by atoms with Crippen LogP contribution in [0.5, 0.6) is 0 Å². The van der Waals surface area contributed by atoms with Crippen LogP contribution in [0.15, 0.2) is 0 Å². The molecular formula is C30H56O6. The minimum absolute atomic E-state index is 0.0347. The molecule has 0 aromatic carbocycles. The van der Waals surface area contributed by atoms with Gasteiger partial charge in [-0.15, -0.1) is 0 Å². The molecule has 0 amide bonds. The van der Waals surface area contributed by atoms with E-state index >= 15 is 0 Å². The van der Waals surface area contributed by atoms with Gasteiger partial charge in [-0.2, -0.15) is 0 Å². The number of ether oxygens (including phenoxy) is 3. The number of hydrogen-bond donors (Lipinski definition) is 0. The van der Waals surface area contributed by atoms with E-state index in [1.54, 1.807) is 6.92 Å². The first-order valence-corrected chi connectivity index (χ1v) is 15.0. The number of hydrogen-bond acceptors (Lipinski definition) is 6. The Labute approximate surface area is 221 Å². The Morgan fingerprint density at radius 1 is 0.417 bits per heavy atom. The molecule has 212 valence electrons. The summed E-state index contributed by atoms with van der Waals surface area (Å²) in [6.45, 7) is 8.74. The summed E-state index contributed by atoms with van der Waals surface area (Å²) in [5.74, 6) is -2.50. The van der Waals surface area contributed by atoms with Gasteiger partial charge < -0.3 is 14.2 Å². The van der Waals surface area contributed by atoms with Crippen LogP contribution in [-0.4, -0.2) is 37.7 Å². The maximum Gasteiger partial charge on any atom is 0.335 e. The summed E-state index contributed by atoms with van der Waals surface area (Å²) >= 11 is 0. The summed E-state index contributed by atoms with van der Waals surface area (Å²) in [5.41, 5.74) is -2.04. The molecule has 6 nitrogen and oxygen atoms in total. The molecule has 0 N–H and O–H groups in total. The molecule has 0 aliphatic rings. The van der Waals surface area contributed by atoms with Crippen LogP contribution in [0.4, 0.5) is 0 Å². The fourth-order valence-electron chi connectivity index (χ4n) is 4.19. The molecule has 0 saturated carbocycles. The molecule has 0 bridgehead atoms. The van der Waals surface area contributed by atoms with Crippen molar-refractivity contribution in [2.45, 2.75) is 150 Å². The number of carbonyl (C=O) groups is 3. The van der Waals surface area contributed by atoms with Crippen LogP contribution < -0.4 is 0 Å². The zero-order valence-electron chi connectivity index (χ0n) is 24.0. The average molecular weight is 513 g/mol. The largest absolute Gasteiger partial charge is 0.464 e. The van der Waals surface area contributed by atoms with Crippen molar-refractivity contribution in [3.05, 3.63) is 0 Å². The van der Waals surface area contributed by atoms with Crippen LogP contribution in [-0.2, 0) is 28.6 Å². The monoisotopic (exact) mass is 512 g/mol. The minimum Gasteiger partial charge on any atom is -0.464 e. The van der Waals surface area contributed by atoms with Crippen LogP contribution in [0.1, 0.15) is 150 Å². The predicted octanol–water partition coefficient (Wildman–Crippen LogP) is 8.09. The molecule has 0 radical (unpaired) electrons. The summed E-state index contributed by atoms with van der Waals surface area (Å²) in [6, 6.07) is 0. The summed E-state index contributed by atoms with van der Waals surface area (Å²) in [7, 11) is 0. The average Bonchev–Trinajstić information content (AvgIpc) is 2.87. The summed E-state index contributed by atoms with van der Waals surface area (Å²) in [6.07, 6.45) is 18.9. The molecule has 0 atom stereocenters. The zero-order chi connectivity index (χ0) is 26.9. The first kappa shape index (κ1) is 34.4. The smallest absolute Gasteiger partial charge is 0.335 e. The molecule has 0 spiro atoms. The van der Waals surface area contributed by atoms with Crippen LogP contribution in [0, 0.1) is 5.41 Å². The van der Waals surface area contributed by atoms with Crippen molar-refractivity contribution < 1.29 is 28.6 Å². The Hall–Kier alpha value is -1.59. The third-order valence-electron chi connectivity index (χ3n) is 6.77. The second-order valence-electron chi connectivity index (χ2n) is 9.97. The summed E-state index contributed by atoms with van der Waals surface area (Å²) in [5, 5.41) is 0. The Balaban J connectivity index is 4.91. The molecule has 0 fully saturated rings. The predicted molar refractivity (Wildman–Crippen MR) is 146 cm³/mol. The highest BCUT2D eigenvalue weighted by molar-refractivity contribution is 6.17. The Kier molecular flexibility index (Phi) is 22.7. The van der Waals surface area contributed by atoms with Crippen molar-refractivity contribution in [2.75, 3.05) is 19.8 Å². The van der Waals surface area contributed by atoms with Crippen molar-refractivity contribution in [3.63, 3.8) is 0 Å². The van der Waals surface area contributed by atoms with Gasteiger partial charge in [0.05, 0.1) is 19.8 Å². The van der Waals surface area contributed by atoms with Crippen molar-refractivity contribution in [1.29, 1.82) is 0 Å². The van der Waals surface area contributed by atoms with Crippen LogP contribution in [0.25, 0.3) is 0 Å². The SMILES string of the molecule is CCCCCCCCOC(=O)C(CC)(C(=O)OCCCCCCCC)C(=O)OCCCCCCCC. The molecule has 6 heteroatoms. The van der Waals surface area contributed by atoms with Crippen molar-refractivity contribution in [2.24, 2.45) is 5.41 Å². The van der Waals surface area contributed by atoms with Gasteiger partial charge in [0.2, 0.25) is 0 Å². The van der Waals surface area contributed by atoms with E-state index in [0.717, 1.165) is 57.8 Å². The first-order valence-electron chi connectivity index (χ1n) is 15.0. The Morgan fingerprint density at radius 2 is 0.667 bits per heavy atom. The van der Waals surface area contributed by atoms with Crippen molar-refractivity contribution >= 4 is 17.9 Å². The highest BCUT2D eigenvalue weighted by Gasteiger charge is 2.56. The quantitative estimate of drug-likeness (QED) is 0.0532. The van der Waals surface area contributed by atoms with Crippen LogP contribution >= 0.6 is 0 Å². The van der Waals surface area contributed by atoms with Crippen LogP contribution in [0.2, 0.25) is 0 Å². The number of rotatable bonds is 25. The third kappa shape index (κ3) is 14.8. The molecule has 0 aliphatic carbocycles. The zero-order valence-corrected chi connectivity index (χ0v) is 24.0.